The molecule has 146 valence electrons. The molecule has 2 fully saturated rings. The smallest absolute Gasteiger partial charge is 0.317 e. The molecule has 4 rings (SSSR count). The van der Waals surface area contributed by atoms with Crippen LogP contribution in [0.25, 0.3) is 0 Å². The van der Waals surface area contributed by atoms with Gasteiger partial charge in [-0.3, -0.25) is 9.78 Å². The van der Waals surface area contributed by atoms with Gasteiger partial charge >= 0.3 is 6.03 Å². The molecule has 1 atom stereocenters. The number of carbonyl (C=O) groups excluding carboxylic acids is 2. The Labute approximate surface area is 165 Å². The molecule has 2 saturated heterocycles. The summed E-state index contributed by atoms with van der Waals surface area (Å²) in [6, 6.07) is 14.0. The third kappa shape index (κ3) is 3.86. The van der Waals surface area contributed by atoms with Gasteiger partial charge in [0.05, 0.1) is 5.54 Å². The van der Waals surface area contributed by atoms with Crippen LogP contribution >= 0.6 is 0 Å². The van der Waals surface area contributed by atoms with Crippen LogP contribution < -0.4 is 5.32 Å². The highest BCUT2D eigenvalue weighted by Crippen LogP contribution is 2.39. The molecule has 3 amide bonds. The number of rotatable bonds is 5. The highest BCUT2D eigenvalue weighted by atomic mass is 16.2. The maximum atomic E-state index is 12.6. The lowest BCUT2D eigenvalue weighted by atomic mass is 9.95. The van der Waals surface area contributed by atoms with Gasteiger partial charge < -0.3 is 15.1 Å². The molecule has 1 aromatic heterocycles. The molecular formula is C22H26N4O2. The second-order valence-corrected chi connectivity index (χ2v) is 7.70. The lowest BCUT2D eigenvalue weighted by molar-refractivity contribution is -0.131. The average Bonchev–Trinajstić information content (AvgIpc) is 3.29. The summed E-state index contributed by atoms with van der Waals surface area (Å²) in [4.78, 5) is 33.1. The molecule has 0 bridgehead atoms. The van der Waals surface area contributed by atoms with Crippen molar-refractivity contribution in [3.8, 4) is 0 Å². The highest BCUT2D eigenvalue weighted by molar-refractivity contribution is 5.81. The summed E-state index contributed by atoms with van der Waals surface area (Å²) >= 11 is 0. The van der Waals surface area contributed by atoms with Gasteiger partial charge in [-0.05, 0) is 42.5 Å². The Kier molecular flexibility index (Phi) is 5.28. The molecule has 6 nitrogen and oxygen atoms in total. The van der Waals surface area contributed by atoms with E-state index in [9.17, 15) is 9.59 Å². The van der Waals surface area contributed by atoms with E-state index in [-0.39, 0.29) is 17.5 Å². The van der Waals surface area contributed by atoms with Crippen LogP contribution in [0.5, 0.6) is 0 Å². The van der Waals surface area contributed by atoms with Crippen LogP contribution in [0.2, 0.25) is 0 Å². The van der Waals surface area contributed by atoms with Crippen molar-refractivity contribution in [2.24, 2.45) is 0 Å². The first-order chi connectivity index (χ1) is 13.7. The summed E-state index contributed by atoms with van der Waals surface area (Å²) in [6.45, 7) is 2.51. The minimum atomic E-state index is -0.225. The summed E-state index contributed by atoms with van der Waals surface area (Å²) < 4.78 is 0. The van der Waals surface area contributed by atoms with Crippen molar-refractivity contribution in [2.45, 2.75) is 37.8 Å². The van der Waals surface area contributed by atoms with E-state index >= 15 is 0 Å². The Balaban J connectivity index is 1.35. The zero-order chi connectivity index (χ0) is 19.4. The van der Waals surface area contributed by atoms with Crippen molar-refractivity contribution in [3.05, 3.63) is 66.0 Å². The average molecular weight is 378 g/mol. The zero-order valence-electron chi connectivity index (χ0n) is 16.0. The van der Waals surface area contributed by atoms with Gasteiger partial charge in [-0.25, -0.2) is 4.79 Å². The Hall–Kier alpha value is -2.89. The molecule has 0 saturated carbocycles. The minimum Gasteiger partial charge on any atom is -0.338 e. The molecule has 0 aliphatic carbocycles. The second kappa shape index (κ2) is 8.00. The predicted molar refractivity (Wildman–Crippen MR) is 106 cm³/mol. The zero-order valence-corrected chi connectivity index (χ0v) is 16.0. The fraction of sp³-hybridized carbons (Fsp3) is 0.409. The molecule has 28 heavy (non-hydrogen) atoms. The number of benzene rings is 1. The van der Waals surface area contributed by atoms with Crippen LogP contribution in [0.4, 0.5) is 4.79 Å². The number of hydrogen-bond acceptors (Lipinski definition) is 3. The lowest BCUT2D eigenvalue weighted by Gasteiger charge is -2.35. The van der Waals surface area contributed by atoms with Crippen molar-refractivity contribution in [1.82, 2.24) is 20.1 Å². The number of nitrogens with one attached hydrogen (secondary N) is 1. The fourth-order valence-corrected chi connectivity index (χ4v) is 4.33. The van der Waals surface area contributed by atoms with Gasteiger partial charge in [-0.15, -0.1) is 0 Å². The van der Waals surface area contributed by atoms with Gasteiger partial charge in [0, 0.05) is 45.0 Å². The first kappa shape index (κ1) is 18.5. The van der Waals surface area contributed by atoms with Gasteiger partial charge in [0.1, 0.15) is 0 Å². The fourth-order valence-electron chi connectivity index (χ4n) is 4.33. The number of carbonyl (C=O) groups is 2. The van der Waals surface area contributed by atoms with Crippen molar-refractivity contribution in [1.29, 1.82) is 0 Å². The topological polar surface area (TPSA) is 65.5 Å². The Morgan fingerprint density at radius 1 is 1.07 bits per heavy atom. The monoisotopic (exact) mass is 378 g/mol. The number of likely N-dealkylation sites (tertiary alicyclic amines) is 2. The van der Waals surface area contributed by atoms with Crippen LogP contribution in [-0.4, -0.2) is 51.9 Å². The largest absolute Gasteiger partial charge is 0.338 e. The molecule has 6 heteroatoms. The van der Waals surface area contributed by atoms with Crippen LogP contribution in [0.3, 0.4) is 0 Å². The quantitative estimate of drug-likeness (QED) is 0.870. The Morgan fingerprint density at radius 3 is 2.64 bits per heavy atom. The van der Waals surface area contributed by atoms with Crippen LogP contribution in [0, 0.1) is 0 Å². The number of pyridine rings is 1. The van der Waals surface area contributed by atoms with E-state index in [1.165, 1.54) is 5.56 Å². The third-order valence-corrected chi connectivity index (χ3v) is 5.92. The molecule has 2 aromatic rings. The molecule has 2 aliphatic rings. The van der Waals surface area contributed by atoms with E-state index in [4.69, 9.17) is 0 Å². The minimum absolute atomic E-state index is 0.0315. The van der Waals surface area contributed by atoms with Crippen LogP contribution in [0.15, 0.2) is 54.9 Å². The highest BCUT2D eigenvalue weighted by Gasteiger charge is 2.50. The second-order valence-electron chi connectivity index (χ2n) is 7.70. The van der Waals surface area contributed by atoms with Crippen molar-refractivity contribution < 1.29 is 9.59 Å². The molecule has 1 N–H and O–H groups in total. The molecule has 3 heterocycles. The van der Waals surface area contributed by atoms with Crippen LogP contribution in [-0.2, 0) is 17.8 Å². The predicted octanol–water partition coefficient (Wildman–Crippen LogP) is 2.60. The summed E-state index contributed by atoms with van der Waals surface area (Å²) in [6.07, 6.45) is 6.56. The maximum Gasteiger partial charge on any atom is 0.317 e. The number of amides is 3. The Bertz CT molecular complexity index is 827. The number of urea groups is 1. The van der Waals surface area contributed by atoms with Gasteiger partial charge in [0.2, 0.25) is 5.91 Å². The van der Waals surface area contributed by atoms with E-state index < -0.39 is 0 Å². The third-order valence-electron chi connectivity index (χ3n) is 5.92. The SMILES string of the molecule is O=C(NCCc1ccccc1)N1CCC2(CCC(=O)N2Cc2ccncc2)C1. The van der Waals surface area contributed by atoms with E-state index in [0.29, 0.717) is 32.6 Å². The van der Waals surface area contributed by atoms with Crippen molar-refractivity contribution in [3.63, 3.8) is 0 Å². The molecule has 1 unspecified atom stereocenters. The summed E-state index contributed by atoms with van der Waals surface area (Å²) in [5.74, 6) is 0.183. The van der Waals surface area contributed by atoms with E-state index in [1.54, 1.807) is 12.4 Å². The van der Waals surface area contributed by atoms with Crippen LogP contribution in [0.1, 0.15) is 30.4 Å². The first-order valence-electron chi connectivity index (χ1n) is 9.92. The first-order valence-corrected chi connectivity index (χ1v) is 9.92. The van der Waals surface area contributed by atoms with Gasteiger partial charge in [0.25, 0.3) is 0 Å². The van der Waals surface area contributed by atoms with Crippen molar-refractivity contribution >= 4 is 11.9 Å². The normalized spacial score (nSPS) is 21.5. The maximum absolute atomic E-state index is 12.6. The van der Waals surface area contributed by atoms with Gasteiger partial charge in [0.15, 0.2) is 0 Å². The van der Waals surface area contributed by atoms with E-state index in [1.807, 2.05) is 40.1 Å². The van der Waals surface area contributed by atoms with Gasteiger partial charge in [-0.2, -0.15) is 0 Å². The lowest BCUT2D eigenvalue weighted by Crippen LogP contribution is -2.49. The summed E-state index contributed by atoms with van der Waals surface area (Å²) in [5.41, 5.74) is 2.07. The molecule has 0 radical (unpaired) electrons. The molecular weight excluding hydrogens is 352 g/mol. The number of nitrogens with zero attached hydrogens (tertiary/aromatic N) is 3. The summed E-state index contributed by atoms with van der Waals surface area (Å²) in [5, 5.41) is 3.03. The van der Waals surface area contributed by atoms with E-state index in [2.05, 4.69) is 22.4 Å². The van der Waals surface area contributed by atoms with Crippen molar-refractivity contribution in [2.75, 3.05) is 19.6 Å². The van der Waals surface area contributed by atoms with Gasteiger partial charge in [-0.1, -0.05) is 30.3 Å². The number of aromatic nitrogens is 1. The standard InChI is InChI=1S/C22H26N4O2/c27-20-6-10-22(26(20)16-19-7-12-23-13-8-19)11-15-25(17-22)21(28)24-14-9-18-4-2-1-3-5-18/h1-5,7-8,12-13H,6,9-11,14-17H2,(H,24,28). The Morgan fingerprint density at radius 2 is 1.86 bits per heavy atom. The molecule has 2 aliphatic heterocycles. The summed E-state index contributed by atoms with van der Waals surface area (Å²) in [7, 11) is 0. The molecule has 1 aromatic carbocycles. The van der Waals surface area contributed by atoms with E-state index in [0.717, 1.165) is 24.8 Å². The number of hydrogen-bond donors (Lipinski definition) is 1. The molecule has 1 spiro atoms.